The number of anilines is 2. The average Bonchev–Trinajstić information content (AvgIpc) is 1.85. The van der Waals surface area contributed by atoms with Gasteiger partial charge in [-0.2, -0.15) is 0 Å². The van der Waals surface area contributed by atoms with E-state index in [0.29, 0.717) is 0 Å². The van der Waals surface area contributed by atoms with Crippen molar-refractivity contribution in [1.82, 2.24) is 0 Å². The lowest BCUT2D eigenvalue weighted by molar-refractivity contribution is 1.39. The molecule has 0 aliphatic rings. The van der Waals surface area contributed by atoms with Gasteiger partial charge in [-0.15, -0.1) is 11.8 Å². The van der Waals surface area contributed by atoms with E-state index >= 15 is 0 Å². The maximum absolute atomic E-state index is 5.73. The Hall–Kier alpha value is -0.830. The number of nitrogens with two attached hydrogens (primary N) is 2. The number of benzene rings is 1. The fourth-order valence-electron chi connectivity index (χ4n) is 1.07. The van der Waals surface area contributed by atoms with Crippen molar-refractivity contribution < 1.29 is 0 Å². The Bertz CT molecular complexity index is 248. The summed E-state index contributed by atoms with van der Waals surface area (Å²) in [5.74, 6) is 0. The van der Waals surface area contributed by atoms with Crippen molar-refractivity contribution in [2.24, 2.45) is 0 Å². The second-order valence-corrected chi connectivity index (χ2v) is 3.29. The zero-order valence-electron chi connectivity index (χ0n) is 6.72. The van der Waals surface area contributed by atoms with Crippen LogP contribution in [0.2, 0.25) is 0 Å². The van der Waals surface area contributed by atoms with Crippen molar-refractivity contribution in [2.45, 2.75) is 11.8 Å². The normalized spacial score (nSPS) is 10.0. The van der Waals surface area contributed by atoms with Gasteiger partial charge in [0.2, 0.25) is 0 Å². The van der Waals surface area contributed by atoms with Gasteiger partial charge in [-0.1, -0.05) is 0 Å². The number of aryl methyl sites for hydroxylation is 1. The molecule has 0 aromatic heterocycles. The molecule has 0 heterocycles. The molecular weight excluding hydrogens is 156 g/mol. The summed E-state index contributed by atoms with van der Waals surface area (Å²) in [6, 6.07) is 3.87. The molecule has 0 aliphatic heterocycles. The molecule has 0 fully saturated rings. The number of hydrogen-bond acceptors (Lipinski definition) is 3. The molecule has 1 aromatic carbocycles. The maximum atomic E-state index is 5.73. The van der Waals surface area contributed by atoms with Crippen LogP contribution in [-0.2, 0) is 0 Å². The molecule has 0 saturated carbocycles. The third-order valence-corrected chi connectivity index (χ3v) is 2.37. The van der Waals surface area contributed by atoms with Gasteiger partial charge in [-0.3, -0.25) is 0 Å². The van der Waals surface area contributed by atoms with Gasteiger partial charge < -0.3 is 11.5 Å². The first-order valence-corrected chi connectivity index (χ1v) is 4.57. The van der Waals surface area contributed by atoms with E-state index in [-0.39, 0.29) is 0 Å². The second kappa shape index (κ2) is 3.05. The molecular formula is C8H12N2S. The predicted octanol–water partition coefficient (Wildman–Crippen LogP) is 1.88. The number of hydrogen-bond donors (Lipinski definition) is 2. The topological polar surface area (TPSA) is 52.0 Å². The molecule has 0 aliphatic carbocycles. The molecule has 60 valence electrons. The van der Waals surface area contributed by atoms with Crippen molar-refractivity contribution in [1.29, 1.82) is 0 Å². The molecule has 2 nitrogen and oxygen atoms in total. The van der Waals surface area contributed by atoms with Crippen LogP contribution >= 0.6 is 11.8 Å². The Morgan fingerprint density at radius 2 is 1.64 bits per heavy atom. The van der Waals surface area contributed by atoms with Crippen LogP contribution in [0.5, 0.6) is 0 Å². The summed E-state index contributed by atoms with van der Waals surface area (Å²) in [6.45, 7) is 1.98. The first-order valence-electron chi connectivity index (χ1n) is 3.34. The molecule has 0 saturated heterocycles. The average molecular weight is 168 g/mol. The minimum Gasteiger partial charge on any atom is -0.398 e. The standard InChI is InChI=1S/C8H12N2S/c1-5-3-6(9)8(11-2)7(10)4-5/h3-4H,9-10H2,1-2H3. The predicted molar refractivity (Wildman–Crippen MR) is 51.8 cm³/mol. The van der Waals surface area contributed by atoms with Crippen molar-refractivity contribution in [3.63, 3.8) is 0 Å². The molecule has 11 heavy (non-hydrogen) atoms. The van der Waals surface area contributed by atoms with Gasteiger partial charge in [0.1, 0.15) is 0 Å². The molecule has 0 bridgehead atoms. The van der Waals surface area contributed by atoms with Crippen molar-refractivity contribution in [2.75, 3.05) is 17.7 Å². The minimum atomic E-state index is 0.773. The number of thioether (sulfide) groups is 1. The molecule has 0 spiro atoms. The lowest BCUT2D eigenvalue weighted by atomic mass is 10.2. The molecule has 4 N–H and O–H groups in total. The van der Waals surface area contributed by atoms with E-state index < -0.39 is 0 Å². The summed E-state index contributed by atoms with van der Waals surface area (Å²) >= 11 is 1.58. The largest absolute Gasteiger partial charge is 0.398 e. The van der Waals surface area contributed by atoms with E-state index in [2.05, 4.69) is 0 Å². The highest BCUT2D eigenvalue weighted by molar-refractivity contribution is 7.99. The van der Waals surface area contributed by atoms with Gasteiger partial charge in [-0.05, 0) is 30.9 Å². The summed E-state index contributed by atoms with van der Waals surface area (Å²) in [6.07, 6.45) is 1.97. The zero-order valence-corrected chi connectivity index (χ0v) is 7.53. The van der Waals surface area contributed by atoms with Crippen LogP contribution < -0.4 is 11.5 Å². The monoisotopic (exact) mass is 168 g/mol. The Kier molecular flexibility index (Phi) is 2.29. The molecule has 3 heteroatoms. The molecule has 1 rings (SSSR count). The Balaban J connectivity index is 3.25. The second-order valence-electron chi connectivity index (χ2n) is 2.48. The third kappa shape index (κ3) is 1.60. The molecule has 0 radical (unpaired) electrons. The van der Waals surface area contributed by atoms with E-state index in [4.69, 9.17) is 11.5 Å². The molecule has 0 amide bonds. The summed E-state index contributed by atoms with van der Waals surface area (Å²) in [7, 11) is 0. The number of rotatable bonds is 1. The van der Waals surface area contributed by atoms with Gasteiger partial charge in [-0.25, -0.2) is 0 Å². The SMILES string of the molecule is CSc1c(N)cc(C)cc1N. The highest BCUT2D eigenvalue weighted by Crippen LogP contribution is 2.29. The van der Waals surface area contributed by atoms with Crippen molar-refractivity contribution in [3.8, 4) is 0 Å². The summed E-state index contributed by atoms with van der Waals surface area (Å²) in [5.41, 5.74) is 14.1. The zero-order chi connectivity index (χ0) is 8.43. The van der Waals surface area contributed by atoms with Gasteiger partial charge in [0.05, 0.1) is 4.90 Å². The van der Waals surface area contributed by atoms with E-state index in [0.717, 1.165) is 21.8 Å². The van der Waals surface area contributed by atoms with Gasteiger partial charge in [0.25, 0.3) is 0 Å². The van der Waals surface area contributed by atoms with Gasteiger partial charge >= 0.3 is 0 Å². The molecule has 1 aromatic rings. The van der Waals surface area contributed by atoms with Crippen molar-refractivity contribution >= 4 is 23.1 Å². The first-order chi connectivity index (χ1) is 5.15. The summed E-state index contributed by atoms with van der Waals surface area (Å²) < 4.78 is 0. The van der Waals surface area contributed by atoms with Crippen molar-refractivity contribution in [3.05, 3.63) is 17.7 Å². The summed E-state index contributed by atoms with van der Waals surface area (Å²) in [4.78, 5) is 0.982. The molecule has 0 unspecified atom stereocenters. The van der Waals surface area contributed by atoms with Crippen LogP contribution in [0.4, 0.5) is 11.4 Å². The summed E-state index contributed by atoms with van der Waals surface area (Å²) in [5, 5.41) is 0. The Labute approximate surface area is 71.0 Å². The molecule has 0 atom stereocenters. The maximum Gasteiger partial charge on any atom is 0.0530 e. The highest BCUT2D eigenvalue weighted by atomic mass is 32.2. The fourth-order valence-corrected chi connectivity index (χ4v) is 1.65. The van der Waals surface area contributed by atoms with Crippen LogP contribution in [0.3, 0.4) is 0 Å². The third-order valence-electron chi connectivity index (χ3n) is 1.49. The van der Waals surface area contributed by atoms with E-state index in [9.17, 15) is 0 Å². The van der Waals surface area contributed by atoms with Gasteiger partial charge in [0, 0.05) is 11.4 Å². The van der Waals surface area contributed by atoms with Crippen LogP contribution in [0.15, 0.2) is 17.0 Å². The minimum absolute atomic E-state index is 0.773. The van der Waals surface area contributed by atoms with E-state index in [1.54, 1.807) is 11.8 Å². The quantitative estimate of drug-likeness (QED) is 0.497. The lowest BCUT2D eigenvalue weighted by Crippen LogP contribution is -1.95. The van der Waals surface area contributed by atoms with Crippen LogP contribution in [0.1, 0.15) is 5.56 Å². The lowest BCUT2D eigenvalue weighted by Gasteiger charge is -2.06. The highest BCUT2D eigenvalue weighted by Gasteiger charge is 2.02. The fraction of sp³-hybridized carbons (Fsp3) is 0.250. The first kappa shape index (κ1) is 8.27. The Morgan fingerprint density at radius 1 is 1.18 bits per heavy atom. The number of nitrogen functional groups attached to an aromatic ring is 2. The van der Waals surface area contributed by atoms with Crippen LogP contribution in [0.25, 0.3) is 0 Å². The smallest absolute Gasteiger partial charge is 0.0530 e. The van der Waals surface area contributed by atoms with Gasteiger partial charge in [0.15, 0.2) is 0 Å². The van der Waals surface area contributed by atoms with Crippen LogP contribution in [0, 0.1) is 6.92 Å². The Morgan fingerprint density at radius 3 is 2.00 bits per heavy atom. The van der Waals surface area contributed by atoms with E-state index in [1.165, 1.54) is 0 Å². The van der Waals surface area contributed by atoms with Crippen LogP contribution in [-0.4, -0.2) is 6.26 Å². The van der Waals surface area contributed by atoms with E-state index in [1.807, 2.05) is 25.3 Å².